The average molecular weight is 364 g/mol. The van der Waals surface area contributed by atoms with Gasteiger partial charge in [0.1, 0.15) is 5.69 Å². The van der Waals surface area contributed by atoms with Crippen LogP contribution in [-0.2, 0) is 6.42 Å². The molecule has 7 nitrogen and oxygen atoms in total. The first-order chi connectivity index (χ1) is 12.8. The van der Waals surface area contributed by atoms with Crippen molar-refractivity contribution >= 4 is 22.2 Å². The first-order valence-corrected chi connectivity index (χ1v) is 9.39. The number of carbonyl (C=O) groups excluding carboxylic acids is 1. The number of rotatable bonds is 3. The molecule has 5 rings (SSSR count). The number of fused-ring (bicyclic) bond motifs is 2. The summed E-state index contributed by atoms with van der Waals surface area (Å²) < 4.78 is 3.74. The van der Waals surface area contributed by atoms with Crippen LogP contribution in [0.25, 0.3) is 10.8 Å². The van der Waals surface area contributed by atoms with Crippen molar-refractivity contribution in [1.29, 1.82) is 0 Å². The number of amides is 1. The summed E-state index contributed by atoms with van der Waals surface area (Å²) >= 11 is 1.51. The summed E-state index contributed by atoms with van der Waals surface area (Å²) in [5.41, 5.74) is 2.63. The van der Waals surface area contributed by atoms with E-state index in [4.69, 9.17) is 0 Å². The molecule has 0 aliphatic heterocycles. The van der Waals surface area contributed by atoms with Crippen molar-refractivity contribution in [2.75, 3.05) is 0 Å². The molecule has 0 aromatic carbocycles. The van der Waals surface area contributed by atoms with Crippen molar-refractivity contribution < 1.29 is 4.79 Å². The topological polar surface area (TPSA) is 77.1 Å². The maximum atomic E-state index is 12.6. The van der Waals surface area contributed by atoms with Crippen LogP contribution in [0.15, 0.2) is 48.4 Å². The highest BCUT2D eigenvalue weighted by Crippen LogP contribution is 2.31. The van der Waals surface area contributed by atoms with Crippen molar-refractivity contribution in [3.8, 4) is 5.82 Å². The Kier molecular flexibility index (Phi) is 3.56. The van der Waals surface area contributed by atoms with Gasteiger partial charge in [-0.25, -0.2) is 14.6 Å². The fourth-order valence-corrected chi connectivity index (χ4v) is 4.15. The summed E-state index contributed by atoms with van der Waals surface area (Å²) in [6, 6.07) is 5.72. The molecule has 8 heteroatoms. The molecule has 26 heavy (non-hydrogen) atoms. The third-order valence-electron chi connectivity index (χ3n) is 4.68. The molecule has 4 heterocycles. The van der Waals surface area contributed by atoms with E-state index in [0.29, 0.717) is 5.69 Å². The Morgan fingerprint density at radius 1 is 1.35 bits per heavy atom. The van der Waals surface area contributed by atoms with Crippen LogP contribution < -0.4 is 5.32 Å². The third kappa shape index (κ3) is 2.50. The summed E-state index contributed by atoms with van der Waals surface area (Å²) in [5.74, 6) is 0.652. The number of imidazole rings is 1. The van der Waals surface area contributed by atoms with E-state index in [-0.39, 0.29) is 11.9 Å². The number of thiazole rings is 1. The van der Waals surface area contributed by atoms with E-state index >= 15 is 0 Å². The molecule has 0 bridgehead atoms. The van der Waals surface area contributed by atoms with Crippen LogP contribution in [0.3, 0.4) is 0 Å². The van der Waals surface area contributed by atoms with E-state index in [1.807, 2.05) is 45.1 Å². The van der Waals surface area contributed by atoms with Crippen molar-refractivity contribution in [3.63, 3.8) is 0 Å². The molecule has 0 spiro atoms. The fraction of sp³-hybridized carbons (Fsp3) is 0.222. The van der Waals surface area contributed by atoms with Crippen molar-refractivity contribution in [2.24, 2.45) is 0 Å². The number of carbonyl (C=O) groups is 1. The summed E-state index contributed by atoms with van der Waals surface area (Å²) in [6.45, 7) is 0. The summed E-state index contributed by atoms with van der Waals surface area (Å²) in [4.78, 5) is 22.2. The molecule has 0 saturated carbocycles. The number of nitrogens with one attached hydrogen (secondary N) is 1. The highest BCUT2D eigenvalue weighted by Gasteiger charge is 2.27. The zero-order valence-corrected chi connectivity index (χ0v) is 14.7. The minimum atomic E-state index is -0.149. The second kappa shape index (κ2) is 6.06. The lowest BCUT2D eigenvalue weighted by molar-refractivity contribution is 0.0928. The largest absolute Gasteiger partial charge is 0.344 e. The predicted molar refractivity (Wildman–Crippen MR) is 97.6 cm³/mol. The van der Waals surface area contributed by atoms with Crippen molar-refractivity contribution in [3.05, 3.63) is 65.3 Å². The molecule has 0 fully saturated rings. The van der Waals surface area contributed by atoms with Gasteiger partial charge in [-0.2, -0.15) is 5.10 Å². The zero-order valence-electron chi connectivity index (χ0n) is 13.9. The highest BCUT2D eigenvalue weighted by molar-refractivity contribution is 7.15. The molecular formula is C18H16N6OS. The first kappa shape index (κ1) is 15.3. The Bertz CT molecular complexity index is 1050. The van der Waals surface area contributed by atoms with Crippen LogP contribution in [-0.4, -0.2) is 30.1 Å². The lowest BCUT2D eigenvalue weighted by Crippen LogP contribution is -2.31. The Morgan fingerprint density at radius 3 is 3.15 bits per heavy atom. The van der Waals surface area contributed by atoms with E-state index < -0.39 is 0 Å². The molecule has 0 radical (unpaired) electrons. The van der Waals surface area contributed by atoms with Gasteiger partial charge in [-0.1, -0.05) is 6.07 Å². The summed E-state index contributed by atoms with van der Waals surface area (Å²) in [7, 11) is 0. The summed E-state index contributed by atoms with van der Waals surface area (Å²) in [6.07, 6.45) is 10.1. The molecule has 1 aliphatic rings. The average Bonchev–Trinajstić information content (AvgIpc) is 3.37. The van der Waals surface area contributed by atoms with E-state index in [0.717, 1.165) is 41.3 Å². The molecule has 0 unspecified atom stereocenters. The number of nitrogens with zero attached hydrogens (tertiary/aromatic N) is 5. The molecule has 1 atom stereocenters. The van der Waals surface area contributed by atoms with Gasteiger partial charge in [0.25, 0.3) is 5.91 Å². The van der Waals surface area contributed by atoms with Crippen LogP contribution in [0.5, 0.6) is 0 Å². The molecular weight excluding hydrogens is 348 g/mol. The van der Waals surface area contributed by atoms with Crippen molar-refractivity contribution in [1.82, 2.24) is 29.5 Å². The molecule has 0 saturated heterocycles. The van der Waals surface area contributed by atoms with Gasteiger partial charge >= 0.3 is 0 Å². The van der Waals surface area contributed by atoms with Gasteiger partial charge in [0.15, 0.2) is 10.8 Å². The molecule has 1 amide bonds. The fourth-order valence-electron chi connectivity index (χ4n) is 3.45. The van der Waals surface area contributed by atoms with Crippen LogP contribution >= 0.6 is 11.3 Å². The van der Waals surface area contributed by atoms with Crippen molar-refractivity contribution in [2.45, 2.75) is 25.3 Å². The number of hydrogen-bond donors (Lipinski definition) is 1. The van der Waals surface area contributed by atoms with Crippen LogP contribution in [0.4, 0.5) is 0 Å². The Hall–Kier alpha value is -3.00. The lowest BCUT2D eigenvalue weighted by Gasteiger charge is -2.23. The zero-order chi connectivity index (χ0) is 17.5. The van der Waals surface area contributed by atoms with Gasteiger partial charge in [0.2, 0.25) is 0 Å². The van der Waals surface area contributed by atoms with Crippen LogP contribution in [0.2, 0.25) is 0 Å². The second-order valence-electron chi connectivity index (χ2n) is 6.28. The lowest BCUT2D eigenvalue weighted by atomic mass is 9.93. The molecule has 1 aliphatic carbocycles. The predicted octanol–water partition coefficient (Wildman–Crippen LogP) is 2.78. The second-order valence-corrected chi connectivity index (χ2v) is 7.16. The smallest absolute Gasteiger partial charge is 0.272 e. The monoisotopic (exact) mass is 364 g/mol. The summed E-state index contributed by atoms with van der Waals surface area (Å²) in [5, 5.41) is 9.58. The standard InChI is InChI=1S/C18H16N6OS/c25-17(14-11-23-8-9-26-18(23)22-14)21-13-4-3-5-15-12(13)10-20-24(15)16-6-1-2-7-19-16/h1-2,6-11,13H,3-5H2,(H,21,25)/t13-/m1/s1. The number of aromatic nitrogens is 5. The van der Waals surface area contributed by atoms with E-state index in [1.54, 1.807) is 12.4 Å². The molecule has 1 N–H and O–H groups in total. The third-order valence-corrected chi connectivity index (χ3v) is 5.45. The normalized spacial score (nSPS) is 16.5. The maximum Gasteiger partial charge on any atom is 0.272 e. The van der Waals surface area contributed by atoms with Gasteiger partial charge < -0.3 is 5.32 Å². The Balaban J connectivity index is 1.42. The first-order valence-electron chi connectivity index (χ1n) is 8.51. The van der Waals surface area contributed by atoms with Gasteiger partial charge in [-0.3, -0.25) is 9.20 Å². The number of hydrogen-bond acceptors (Lipinski definition) is 5. The van der Waals surface area contributed by atoms with Crippen LogP contribution in [0.1, 0.15) is 40.6 Å². The minimum absolute atomic E-state index is 0.0524. The van der Waals surface area contributed by atoms with Crippen LogP contribution in [0, 0.1) is 0 Å². The van der Waals surface area contributed by atoms with E-state index in [2.05, 4.69) is 20.4 Å². The van der Waals surface area contributed by atoms with Gasteiger partial charge in [-0.15, -0.1) is 11.3 Å². The minimum Gasteiger partial charge on any atom is -0.344 e. The van der Waals surface area contributed by atoms with E-state index in [9.17, 15) is 4.79 Å². The Morgan fingerprint density at radius 2 is 2.31 bits per heavy atom. The number of pyridine rings is 1. The SMILES string of the molecule is O=C(N[C@@H]1CCCc2c1cnn2-c1ccccn1)c1cn2ccsc2n1. The molecule has 4 aromatic heterocycles. The molecule has 4 aromatic rings. The van der Waals surface area contributed by atoms with Gasteiger partial charge in [0, 0.05) is 29.5 Å². The maximum absolute atomic E-state index is 12.6. The Labute approximate surface area is 153 Å². The van der Waals surface area contributed by atoms with Gasteiger partial charge in [0.05, 0.1) is 17.9 Å². The van der Waals surface area contributed by atoms with Gasteiger partial charge in [-0.05, 0) is 31.4 Å². The quantitative estimate of drug-likeness (QED) is 0.606. The van der Waals surface area contributed by atoms with E-state index in [1.165, 1.54) is 11.3 Å². The highest BCUT2D eigenvalue weighted by atomic mass is 32.1. The molecule has 130 valence electrons.